The zero-order valence-corrected chi connectivity index (χ0v) is 8.87. The van der Waals surface area contributed by atoms with Gasteiger partial charge in [-0.25, -0.2) is 4.98 Å². The van der Waals surface area contributed by atoms with E-state index < -0.39 is 0 Å². The number of thiazole rings is 1. The first-order valence-electron chi connectivity index (χ1n) is 3.97. The third-order valence-electron chi connectivity index (χ3n) is 1.53. The van der Waals surface area contributed by atoms with Gasteiger partial charge in [0.25, 0.3) is 0 Å². The quantitative estimate of drug-likeness (QED) is 0.763. The highest BCUT2D eigenvalue weighted by Crippen LogP contribution is 2.16. The molecule has 1 aromatic rings. The second-order valence-corrected chi connectivity index (χ2v) is 4.05. The molecule has 1 aromatic heterocycles. The number of rotatable bonds is 4. The van der Waals surface area contributed by atoms with Gasteiger partial charge in [0, 0.05) is 17.3 Å². The van der Waals surface area contributed by atoms with Crippen LogP contribution in [0.4, 0.5) is 5.13 Å². The summed E-state index contributed by atoms with van der Waals surface area (Å²) in [4.78, 5) is 4.30. The molecular weight excluding hydrogens is 192 g/mol. The highest BCUT2D eigenvalue weighted by atomic mass is 35.5. The Morgan fingerprint density at radius 3 is 3.00 bits per heavy atom. The lowest BCUT2D eigenvalue weighted by atomic mass is 10.3. The van der Waals surface area contributed by atoms with Crippen LogP contribution in [0.1, 0.15) is 19.0 Å². The molecule has 0 aliphatic carbocycles. The molecule has 0 amide bonds. The lowest BCUT2D eigenvalue weighted by molar-refractivity contribution is 0.767. The average Bonchev–Trinajstić information content (AvgIpc) is 2.36. The lowest BCUT2D eigenvalue weighted by Crippen LogP contribution is -2.15. The van der Waals surface area contributed by atoms with E-state index in [1.807, 2.05) is 12.3 Å². The Balaban J connectivity index is 2.41. The van der Waals surface area contributed by atoms with Gasteiger partial charge in [0.05, 0.1) is 5.69 Å². The molecule has 1 rings (SSSR count). The maximum absolute atomic E-state index is 5.61. The maximum Gasteiger partial charge on any atom is 0.183 e. The first-order chi connectivity index (χ1) is 5.72. The standard InChI is InChI=1S/C8H13ClN2S/c1-6(3-4-9)10-8-11-7(2)5-12-8/h5-6H,3-4H2,1-2H3,(H,10,11). The average molecular weight is 205 g/mol. The molecule has 0 fully saturated rings. The van der Waals surface area contributed by atoms with E-state index in [2.05, 4.69) is 17.2 Å². The minimum Gasteiger partial charge on any atom is -0.359 e. The van der Waals surface area contributed by atoms with Gasteiger partial charge in [-0.3, -0.25) is 0 Å². The Morgan fingerprint density at radius 2 is 2.50 bits per heavy atom. The number of hydrogen-bond donors (Lipinski definition) is 1. The van der Waals surface area contributed by atoms with Crippen molar-refractivity contribution in [2.24, 2.45) is 0 Å². The van der Waals surface area contributed by atoms with Crippen LogP contribution in [-0.2, 0) is 0 Å². The summed E-state index contributed by atoms with van der Waals surface area (Å²) in [5.74, 6) is 0.693. The summed E-state index contributed by atoms with van der Waals surface area (Å²) in [5.41, 5.74) is 1.07. The summed E-state index contributed by atoms with van der Waals surface area (Å²) in [6, 6.07) is 0.410. The fraction of sp³-hybridized carbons (Fsp3) is 0.625. The number of aryl methyl sites for hydroxylation is 1. The van der Waals surface area contributed by atoms with E-state index in [9.17, 15) is 0 Å². The molecule has 0 saturated carbocycles. The van der Waals surface area contributed by atoms with Crippen molar-refractivity contribution in [2.75, 3.05) is 11.2 Å². The Morgan fingerprint density at radius 1 is 1.75 bits per heavy atom. The van der Waals surface area contributed by atoms with Gasteiger partial charge in [-0.1, -0.05) is 0 Å². The minimum absolute atomic E-state index is 0.410. The molecule has 2 nitrogen and oxygen atoms in total. The predicted molar refractivity (Wildman–Crippen MR) is 55.3 cm³/mol. The monoisotopic (exact) mass is 204 g/mol. The molecule has 0 aliphatic rings. The summed E-state index contributed by atoms with van der Waals surface area (Å²) in [5, 5.41) is 6.31. The molecular formula is C8H13ClN2S. The zero-order chi connectivity index (χ0) is 8.97. The van der Waals surface area contributed by atoms with Gasteiger partial charge >= 0.3 is 0 Å². The summed E-state index contributed by atoms with van der Waals surface area (Å²) < 4.78 is 0. The number of nitrogens with one attached hydrogen (secondary N) is 1. The van der Waals surface area contributed by atoms with Crippen LogP contribution in [0.2, 0.25) is 0 Å². The molecule has 0 aliphatic heterocycles. The molecule has 0 aromatic carbocycles. The summed E-state index contributed by atoms with van der Waals surface area (Å²) in [7, 11) is 0. The number of hydrogen-bond acceptors (Lipinski definition) is 3. The molecule has 1 unspecified atom stereocenters. The van der Waals surface area contributed by atoms with Crippen LogP contribution < -0.4 is 5.32 Å². The zero-order valence-electron chi connectivity index (χ0n) is 7.30. The topological polar surface area (TPSA) is 24.9 Å². The number of halogens is 1. The predicted octanol–water partition coefficient (Wildman–Crippen LogP) is 2.88. The fourth-order valence-corrected chi connectivity index (χ4v) is 2.00. The van der Waals surface area contributed by atoms with Gasteiger partial charge in [-0.2, -0.15) is 0 Å². The number of nitrogens with zero attached hydrogens (tertiary/aromatic N) is 1. The Hall–Kier alpha value is -0.280. The number of anilines is 1. The third kappa shape index (κ3) is 2.99. The lowest BCUT2D eigenvalue weighted by Gasteiger charge is -2.09. The minimum atomic E-state index is 0.410. The molecule has 0 bridgehead atoms. The van der Waals surface area contributed by atoms with Crippen LogP contribution in [-0.4, -0.2) is 16.9 Å². The van der Waals surface area contributed by atoms with E-state index in [0.29, 0.717) is 11.9 Å². The normalized spacial score (nSPS) is 12.9. The highest BCUT2D eigenvalue weighted by Gasteiger charge is 2.02. The Labute approximate surface area is 82.0 Å². The Bertz CT molecular complexity index is 237. The molecule has 0 saturated heterocycles. The number of alkyl halides is 1. The number of aromatic nitrogens is 1. The Kier molecular flexibility index (Phi) is 3.82. The van der Waals surface area contributed by atoms with Crippen molar-refractivity contribution in [3.8, 4) is 0 Å². The smallest absolute Gasteiger partial charge is 0.183 e. The van der Waals surface area contributed by atoms with Crippen molar-refractivity contribution in [3.63, 3.8) is 0 Å². The first kappa shape index (κ1) is 9.81. The van der Waals surface area contributed by atoms with E-state index in [0.717, 1.165) is 17.2 Å². The molecule has 1 N–H and O–H groups in total. The summed E-state index contributed by atoms with van der Waals surface area (Å²) in [6.45, 7) is 4.10. The van der Waals surface area contributed by atoms with Crippen LogP contribution in [0.5, 0.6) is 0 Å². The van der Waals surface area contributed by atoms with Gasteiger partial charge < -0.3 is 5.32 Å². The fourth-order valence-electron chi connectivity index (χ4n) is 0.867. The van der Waals surface area contributed by atoms with E-state index in [-0.39, 0.29) is 0 Å². The molecule has 0 radical (unpaired) electrons. The summed E-state index contributed by atoms with van der Waals surface area (Å²) in [6.07, 6.45) is 0.972. The van der Waals surface area contributed by atoms with E-state index in [1.54, 1.807) is 11.3 Å². The van der Waals surface area contributed by atoms with Crippen molar-refractivity contribution in [1.82, 2.24) is 4.98 Å². The van der Waals surface area contributed by atoms with Crippen LogP contribution in [0, 0.1) is 6.92 Å². The van der Waals surface area contributed by atoms with Crippen molar-refractivity contribution in [3.05, 3.63) is 11.1 Å². The van der Waals surface area contributed by atoms with Gasteiger partial charge in [0.15, 0.2) is 5.13 Å². The highest BCUT2D eigenvalue weighted by molar-refractivity contribution is 7.13. The van der Waals surface area contributed by atoms with Crippen LogP contribution in [0.15, 0.2) is 5.38 Å². The molecule has 0 spiro atoms. The van der Waals surface area contributed by atoms with Gasteiger partial charge in [0.1, 0.15) is 0 Å². The van der Waals surface area contributed by atoms with E-state index >= 15 is 0 Å². The van der Waals surface area contributed by atoms with Gasteiger partial charge in [-0.05, 0) is 20.3 Å². The molecule has 12 heavy (non-hydrogen) atoms. The van der Waals surface area contributed by atoms with E-state index in [1.165, 1.54) is 0 Å². The van der Waals surface area contributed by atoms with E-state index in [4.69, 9.17) is 11.6 Å². The molecule has 1 heterocycles. The van der Waals surface area contributed by atoms with Crippen molar-refractivity contribution in [1.29, 1.82) is 0 Å². The van der Waals surface area contributed by atoms with Crippen LogP contribution in [0.3, 0.4) is 0 Å². The molecule has 68 valence electrons. The SMILES string of the molecule is Cc1csc(NC(C)CCCl)n1. The second kappa shape index (κ2) is 4.67. The molecule has 1 atom stereocenters. The first-order valence-corrected chi connectivity index (χ1v) is 5.38. The van der Waals surface area contributed by atoms with Crippen molar-refractivity contribution >= 4 is 28.1 Å². The van der Waals surface area contributed by atoms with Crippen LogP contribution >= 0.6 is 22.9 Å². The second-order valence-electron chi connectivity index (χ2n) is 2.82. The third-order valence-corrected chi connectivity index (χ3v) is 2.64. The van der Waals surface area contributed by atoms with Crippen molar-refractivity contribution in [2.45, 2.75) is 26.3 Å². The van der Waals surface area contributed by atoms with Crippen LogP contribution in [0.25, 0.3) is 0 Å². The van der Waals surface area contributed by atoms with Gasteiger partial charge in [0.2, 0.25) is 0 Å². The van der Waals surface area contributed by atoms with Gasteiger partial charge in [-0.15, -0.1) is 22.9 Å². The van der Waals surface area contributed by atoms with Crippen molar-refractivity contribution < 1.29 is 0 Å². The maximum atomic E-state index is 5.61. The summed E-state index contributed by atoms with van der Waals surface area (Å²) >= 11 is 7.25. The largest absolute Gasteiger partial charge is 0.359 e. The molecule has 4 heteroatoms.